The first-order chi connectivity index (χ1) is 8.13. The van der Waals surface area contributed by atoms with Crippen molar-refractivity contribution >= 4 is 0 Å². The second-order valence-corrected chi connectivity index (χ2v) is 4.36. The van der Waals surface area contributed by atoms with Gasteiger partial charge in [-0.15, -0.1) is 0 Å². The largest absolute Gasteiger partial charge is 0.493 e. The molecule has 1 unspecified atom stereocenters. The van der Waals surface area contributed by atoms with Crippen LogP contribution >= 0.6 is 0 Å². The Kier molecular flexibility index (Phi) is 5.98. The normalized spacial score (nSPS) is 12.5. The average Bonchev–Trinajstić information content (AvgIpc) is 2.29. The summed E-state index contributed by atoms with van der Waals surface area (Å²) < 4.78 is 18.6. The summed E-state index contributed by atoms with van der Waals surface area (Å²) in [4.78, 5) is 0. The van der Waals surface area contributed by atoms with E-state index >= 15 is 0 Å². The van der Waals surface area contributed by atoms with Gasteiger partial charge in [-0.05, 0) is 44.9 Å². The molecule has 0 radical (unpaired) electrons. The fraction of sp³-hybridized carbons (Fsp3) is 0.571. The van der Waals surface area contributed by atoms with E-state index in [1.54, 1.807) is 6.07 Å². The van der Waals surface area contributed by atoms with Gasteiger partial charge in [0.05, 0.1) is 6.61 Å². The SMILES string of the molecule is CCNC(C)CCCOc1cc(F)ccc1C. The third-order valence-corrected chi connectivity index (χ3v) is 2.74. The summed E-state index contributed by atoms with van der Waals surface area (Å²) in [6.45, 7) is 7.82. The number of aryl methyl sites for hydroxylation is 1. The summed E-state index contributed by atoms with van der Waals surface area (Å²) >= 11 is 0. The van der Waals surface area contributed by atoms with Crippen LogP contribution in [0.15, 0.2) is 18.2 Å². The van der Waals surface area contributed by atoms with Crippen LogP contribution in [0.2, 0.25) is 0 Å². The summed E-state index contributed by atoms with van der Waals surface area (Å²) in [5.74, 6) is 0.410. The standard InChI is InChI=1S/C14H22FNO/c1-4-16-12(3)6-5-9-17-14-10-13(15)8-7-11(14)2/h7-8,10,12,16H,4-6,9H2,1-3H3. The summed E-state index contributed by atoms with van der Waals surface area (Å²) in [6, 6.07) is 5.15. The van der Waals surface area contributed by atoms with Crippen molar-refractivity contribution in [2.24, 2.45) is 0 Å². The summed E-state index contributed by atoms with van der Waals surface area (Å²) in [6.07, 6.45) is 2.05. The minimum Gasteiger partial charge on any atom is -0.493 e. The third-order valence-electron chi connectivity index (χ3n) is 2.74. The van der Waals surface area contributed by atoms with Gasteiger partial charge in [0, 0.05) is 12.1 Å². The zero-order valence-corrected chi connectivity index (χ0v) is 10.9. The van der Waals surface area contributed by atoms with Crippen LogP contribution in [0.5, 0.6) is 5.75 Å². The van der Waals surface area contributed by atoms with Crippen molar-refractivity contribution in [3.63, 3.8) is 0 Å². The molecule has 1 aromatic carbocycles. The van der Waals surface area contributed by atoms with Crippen LogP contribution in [0.3, 0.4) is 0 Å². The lowest BCUT2D eigenvalue weighted by atomic mass is 10.2. The molecule has 1 atom stereocenters. The molecule has 0 amide bonds. The van der Waals surface area contributed by atoms with Gasteiger partial charge in [0.15, 0.2) is 0 Å². The zero-order valence-electron chi connectivity index (χ0n) is 10.9. The molecule has 0 heterocycles. The first kappa shape index (κ1) is 14.0. The molecule has 0 saturated carbocycles. The molecule has 0 aliphatic heterocycles. The van der Waals surface area contributed by atoms with Gasteiger partial charge >= 0.3 is 0 Å². The predicted molar refractivity (Wildman–Crippen MR) is 69.0 cm³/mol. The van der Waals surface area contributed by atoms with Gasteiger partial charge in [-0.1, -0.05) is 13.0 Å². The van der Waals surface area contributed by atoms with Crippen LogP contribution in [0, 0.1) is 12.7 Å². The van der Waals surface area contributed by atoms with E-state index in [0.29, 0.717) is 18.4 Å². The maximum absolute atomic E-state index is 13.0. The first-order valence-corrected chi connectivity index (χ1v) is 6.25. The maximum atomic E-state index is 13.0. The van der Waals surface area contributed by atoms with Crippen LogP contribution in [-0.2, 0) is 0 Å². The lowest BCUT2D eigenvalue weighted by molar-refractivity contribution is 0.295. The Bertz CT molecular complexity index is 341. The summed E-state index contributed by atoms with van der Waals surface area (Å²) in [5.41, 5.74) is 0.978. The van der Waals surface area contributed by atoms with Gasteiger partial charge in [0.25, 0.3) is 0 Å². The van der Waals surface area contributed by atoms with Crippen molar-refractivity contribution in [3.05, 3.63) is 29.6 Å². The van der Waals surface area contributed by atoms with Crippen molar-refractivity contribution < 1.29 is 9.13 Å². The topological polar surface area (TPSA) is 21.3 Å². The third kappa shape index (κ3) is 5.18. The molecule has 0 aliphatic carbocycles. The van der Waals surface area contributed by atoms with Crippen LogP contribution in [0.1, 0.15) is 32.3 Å². The van der Waals surface area contributed by atoms with Gasteiger partial charge in [0.2, 0.25) is 0 Å². The van der Waals surface area contributed by atoms with Crippen LogP contribution in [0.4, 0.5) is 4.39 Å². The molecule has 0 bridgehead atoms. The van der Waals surface area contributed by atoms with Crippen LogP contribution in [0.25, 0.3) is 0 Å². The molecule has 0 aromatic heterocycles. The number of rotatable bonds is 7. The highest BCUT2D eigenvalue weighted by Crippen LogP contribution is 2.18. The van der Waals surface area contributed by atoms with E-state index in [4.69, 9.17) is 4.74 Å². The highest BCUT2D eigenvalue weighted by atomic mass is 19.1. The number of halogens is 1. The van der Waals surface area contributed by atoms with Gasteiger partial charge in [-0.3, -0.25) is 0 Å². The van der Waals surface area contributed by atoms with Gasteiger partial charge < -0.3 is 10.1 Å². The lowest BCUT2D eigenvalue weighted by Crippen LogP contribution is -2.25. The Balaban J connectivity index is 2.28. The van der Waals surface area contributed by atoms with E-state index in [2.05, 4.69) is 19.2 Å². The molecule has 3 heteroatoms. The number of hydrogen-bond donors (Lipinski definition) is 1. The molecule has 1 rings (SSSR count). The molecular formula is C14H22FNO. The Labute approximate surface area is 103 Å². The minimum absolute atomic E-state index is 0.244. The highest BCUT2D eigenvalue weighted by molar-refractivity contribution is 5.32. The first-order valence-electron chi connectivity index (χ1n) is 6.25. The molecular weight excluding hydrogens is 217 g/mol. The monoisotopic (exact) mass is 239 g/mol. The molecule has 0 aliphatic rings. The number of hydrogen-bond acceptors (Lipinski definition) is 2. The predicted octanol–water partition coefficient (Wildman–Crippen LogP) is 3.29. The maximum Gasteiger partial charge on any atom is 0.126 e. The van der Waals surface area contributed by atoms with Crippen molar-refractivity contribution in [1.29, 1.82) is 0 Å². The summed E-state index contributed by atoms with van der Waals surface area (Å²) in [7, 11) is 0. The Hall–Kier alpha value is -1.09. The highest BCUT2D eigenvalue weighted by Gasteiger charge is 2.03. The Morgan fingerprint density at radius 3 is 2.88 bits per heavy atom. The van der Waals surface area contributed by atoms with E-state index in [0.717, 1.165) is 24.9 Å². The van der Waals surface area contributed by atoms with E-state index in [1.807, 2.05) is 6.92 Å². The van der Waals surface area contributed by atoms with Gasteiger partial charge in [0.1, 0.15) is 11.6 Å². The van der Waals surface area contributed by atoms with Crippen molar-refractivity contribution in [3.8, 4) is 5.75 Å². The number of ether oxygens (including phenoxy) is 1. The second kappa shape index (κ2) is 7.28. The van der Waals surface area contributed by atoms with E-state index < -0.39 is 0 Å². The molecule has 0 fully saturated rings. The molecule has 1 aromatic rings. The molecule has 1 N–H and O–H groups in total. The zero-order chi connectivity index (χ0) is 12.7. The smallest absolute Gasteiger partial charge is 0.126 e. The van der Waals surface area contributed by atoms with Crippen LogP contribution in [-0.4, -0.2) is 19.2 Å². The number of benzene rings is 1. The molecule has 0 saturated heterocycles. The Morgan fingerprint density at radius 2 is 2.18 bits per heavy atom. The fourth-order valence-electron chi connectivity index (χ4n) is 1.75. The van der Waals surface area contributed by atoms with E-state index in [-0.39, 0.29) is 5.82 Å². The van der Waals surface area contributed by atoms with Crippen molar-refractivity contribution in [2.75, 3.05) is 13.2 Å². The van der Waals surface area contributed by atoms with E-state index in [9.17, 15) is 4.39 Å². The molecule has 0 spiro atoms. The second-order valence-electron chi connectivity index (χ2n) is 4.36. The van der Waals surface area contributed by atoms with Crippen molar-refractivity contribution in [2.45, 2.75) is 39.7 Å². The lowest BCUT2D eigenvalue weighted by Gasteiger charge is -2.13. The molecule has 96 valence electrons. The minimum atomic E-state index is -0.244. The van der Waals surface area contributed by atoms with Gasteiger partial charge in [-0.2, -0.15) is 0 Å². The molecule has 2 nitrogen and oxygen atoms in total. The van der Waals surface area contributed by atoms with Crippen LogP contribution < -0.4 is 10.1 Å². The van der Waals surface area contributed by atoms with Gasteiger partial charge in [-0.25, -0.2) is 4.39 Å². The van der Waals surface area contributed by atoms with E-state index in [1.165, 1.54) is 12.1 Å². The Morgan fingerprint density at radius 1 is 1.41 bits per heavy atom. The quantitative estimate of drug-likeness (QED) is 0.737. The summed E-state index contributed by atoms with van der Waals surface area (Å²) in [5, 5.41) is 3.35. The average molecular weight is 239 g/mol. The van der Waals surface area contributed by atoms with Crippen molar-refractivity contribution in [1.82, 2.24) is 5.32 Å². The number of nitrogens with one attached hydrogen (secondary N) is 1. The fourth-order valence-corrected chi connectivity index (χ4v) is 1.75. The molecule has 17 heavy (non-hydrogen) atoms.